The van der Waals surface area contributed by atoms with E-state index >= 15 is 0 Å². The predicted molar refractivity (Wildman–Crippen MR) is 134 cm³/mol. The number of aromatic nitrogens is 3. The van der Waals surface area contributed by atoms with Crippen molar-refractivity contribution in [1.29, 1.82) is 0 Å². The summed E-state index contributed by atoms with van der Waals surface area (Å²) < 4.78 is 7.56. The van der Waals surface area contributed by atoms with Crippen LogP contribution in [-0.2, 0) is 17.7 Å². The molecule has 3 aromatic rings. The van der Waals surface area contributed by atoms with Gasteiger partial charge in [-0.15, -0.1) is 0 Å². The van der Waals surface area contributed by atoms with Crippen molar-refractivity contribution >= 4 is 11.5 Å². The number of piperidine rings is 1. The highest BCUT2D eigenvalue weighted by atomic mass is 16.5. The lowest BCUT2D eigenvalue weighted by Gasteiger charge is -2.44. The van der Waals surface area contributed by atoms with Gasteiger partial charge in [0.05, 0.1) is 24.0 Å². The number of pyridine rings is 2. The molecule has 0 spiro atoms. The summed E-state index contributed by atoms with van der Waals surface area (Å²) in [6.45, 7) is 8.06. The lowest BCUT2D eigenvalue weighted by molar-refractivity contribution is 0.0687. The molecule has 0 aromatic carbocycles. The van der Waals surface area contributed by atoms with Gasteiger partial charge in [-0.05, 0) is 61.9 Å². The SMILES string of the molecule is COCCN1CCN(c2cccc3nc(CN4CCC[C@H]5CCc6cccnc6[C@H]54)cn23)CC1. The van der Waals surface area contributed by atoms with E-state index in [1.807, 2.05) is 6.20 Å². The molecule has 0 N–H and O–H groups in total. The van der Waals surface area contributed by atoms with Crippen molar-refractivity contribution in [2.45, 2.75) is 38.3 Å². The van der Waals surface area contributed by atoms with Gasteiger partial charge in [0.2, 0.25) is 0 Å². The highest BCUT2D eigenvalue weighted by molar-refractivity contribution is 5.53. The summed E-state index contributed by atoms with van der Waals surface area (Å²) in [7, 11) is 1.78. The van der Waals surface area contributed by atoms with Gasteiger partial charge in [0.15, 0.2) is 0 Å². The van der Waals surface area contributed by atoms with Gasteiger partial charge in [0, 0.05) is 58.8 Å². The second-order valence-electron chi connectivity index (χ2n) is 10.1. The Morgan fingerprint density at radius 1 is 1.03 bits per heavy atom. The standard InChI is InChI=1S/C27H36N6O/c1-34-18-17-30-13-15-31(16-14-30)25-8-2-7-24-29-23(20-33(24)25)19-32-12-4-6-22-10-9-21-5-3-11-28-26(21)27(22)32/h2-3,5,7-8,11,20,22,27H,4,6,9-10,12-19H2,1H3/t22-,27-/m0/s1. The van der Waals surface area contributed by atoms with Crippen molar-refractivity contribution in [1.82, 2.24) is 24.2 Å². The highest BCUT2D eigenvalue weighted by Gasteiger charge is 2.37. The summed E-state index contributed by atoms with van der Waals surface area (Å²) in [6.07, 6.45) is 9.30. The minimum absolute atomic E-state index is 0.433. The van der Waals surface area contributed by atoms with Gasteiger partial charge in [0.1, 0.15) is 11.5 Å². The van der Waals surface area contributed by atoms with Crippen molar-refractivity contribution < 1.29 is 4.74 Å². The molecule has 5 heterocycles. The van der Waals surface area contributed by atoms with Crippen LogP contribution in [-0.4, -0.2) is 77.2 Å². The van der Waals surface area contributed by atoms with Gasteiger partial charge in [0.25, 0.3) is 0 Å². The number of nitrogens with zero attached hydrogens (tertiary/aromatic N) is 6. The third kappa shape index (κ3) is 4.21. The largest absolute Gasteiger partial charge is 0.383 e. The van der Waals surface area contributed by atoms with Crippen molar-refractivity contribution in [2.75, 3.05) is 57.9 Å². The van der Waals surface area contributed by atoms with Crippen LogP contribution in [0, 0.1) is 5.92 Å². The molecule has 2 saturated heterocycles. The molecule has 34 heavy (non-hydrogen) atoms. The molecule has 3 aliphatic rings. The number of hydrogen-bond acceptors (Lipinski definition) is 6. The van der Waals surface area contributed by atoms with E-state index < -0.39 is 0 Å². The second-order valence-corrected chi connectivity index (χ2v) is 10.1. The second kappa shape index (κ2) is 9.64. The number of fused-ring (bicyclic) bond motifs is 4. The fourth-order valence-electron chi connectivity index (χ4n) is 6.31. The van der Waals surface area contributed by atoms with Crippen LogP contribution in [0.1, 0.15) is 42.3 Å². The molecule has 3 aromatic heterocycles. The van der Waals surface area contributed by atoms with Gasteiger partial charge in [-0.1, -0.05) is 12.1 Å². The zero-order valence-electron chi connectivity index (χ0n) is 20.3. The Kier molecular flexibility index (Phi) is 6.24. The molecule has 7 heteroatoms. The van der Waals surface area contributed by atoms with Crippen molar-refractivity contribution in [3.63, 3.8) is 0 Å². The number of anilines is 1. The average Bonchev–Trinajstić information content (AvgIpc) is 3.30. The van der Waals surface area contributed by atoms with Crippen LogP contribution in [0.15, 0.2) is 42.7 Å². The first-order valence-electron chi connectivity index (χ1n) is 12.9. The van der Waals surface area contributed by atoms with E-state index in [1.165, 1.54) is 42.8 Å². The van der Waals surface area contributed by atoms with E-state index in [4.69, 9.17) is 14.7 Å². The molecule has 0 unspecified atom stereocenters. The Bertz CT molecular complexity index is 1120. The maximum atomic E-state index is 5.26. The quantitative estimate of drug-likeness (QED) is 0.562. The maximum absolute atomic E-state index is 5.26. The van der Waals surface area contributed by atoms with E-state index in [1.54, 1.807) is 7.11 Å². The molecule has 0 bridgehead atoms. The summed E-state index contributed by atoms with van der Waals surface area (Å²) in [6, 6.07) is 11.3. The van der Waals surface area contributed by atoms with Crippen LogP contribution in [0.3, 0.4) is 0 Å². The minimum atomic E-state index is 0.433. The van der Waals surface area contributed by atoms with E-state index in [9.17, 15) is 0 Å². The Hall–Kier alpha value is -2.48. The lowest BCUT2D eigenvalue weighted by Crippen LogP contribution is -2.47. The minimum Gasteiger partial charge on any atom is -0.383 e. The number of methoxy groups -OCH3 is 1. The van der Waals surface area contributed by atoms with Gasteiger partial charge in [-0.2, -0.15) is 0 Å². The van der Waals surface area contributed by atoms with Crippen molar-refractivity contribution in [2.24, 2.45) is 5.92 Å². The number of hydrogen-bond donors (Lipinski definition) is 0. The zero-order chi connectivity index (χ0) is 22.9. The average molecular weight is 461 g/mol. The molecular weight excluding hydrogens is 424 g/mol. The van der Waals surface area contributed by atoms with E-state index in [0.717, 1.165) is 69.7 Å². The van der Waals surface area contributed by atoms with Gasteiger partial charge in [-0.25, -0.2) is 4.98 Å². The molecule has 2 fully saturated rings. The number of rotatable bonds is 6. The van der Waals surface area contributed by atoms with Crippen LogP contribution in [0.2, 0.25) is 0 Å². The van der Waals surface area contributed by atoms with Crippen LogP contribution in [0.25, 0.3) is 5.65 Å². The molecule has 1 aliphatic carbocycles. The van der Waals surface area contributed by atoms with Gasteiger partial charge >= 0.3 is 0 Å². The first kappa shape index (κ1) is 22.0. The van der Waals surface area contributed by atoms with Crippen LogP contribution < -0.4 is 4.90 Å². The maximum Gasteiger partial charge on any atom is 0.138 e. The van der Waals surface area contributed by atoms with E-state index in [0.29, 0.717) is 6.04 Å². The zero-order valence-corrected chi connectivity index (χ0v) is 20.3. The number of piperazine rings is 1. The Morgan fingerprint density at radius 2 is 1.94 bits per heavy atom. The number of aryl methyl sites for hydroxylation is 1. The molecule has 6 rings (SSSR count). The van der Waals surface area contributed by atoms with Gasteiger partial charge < -0.3 is 9.64 Å². The monoisotopic (exact) mass is 460 g/mol. The fourth-order valence-corrected chi connectivity index (χ4v) is 6.31. The predicted octanol–water partition coefficient (Wildman–Crippen LogP) is 3.40. The summed E-state index contributed by atoms with van der Waals surface area (Å²) in [5.41, 5.74) is 4.96. The van der Waals surface area contributed by atoms with Crippen LogP contribution in [0.5, 0.6) is 0 Å². The molecule has 7 nitrogen and oxygen atoms in total. The smallest absolute Gasteiger partial charge is 0.138 e. The van der Waals surface area contributed by atoms with E-state index in [-0.39, 0.29) is 0 Å². The Morgan fingerprint density at radius 3 is 2.82 bits per heavy atom. The van der Waals surface area contributed by atoms with Crippen LogP contribution in [0.4, 0.5) is 5.82 Å². The Balaban J connectivity index is 1.22. The molecule has 0 saturated carbocycles. The topological polar surface area (TPSA) is 49.1 Å². The molecule has 180 valence electrons. The van der Waals surface area contributed by atoms with E-state index in [2.05, 4.69) is 55.6 Å². The summed E-state index contributed by atoms with van der Waals surface area (Å²) in [5, 5.41) is 0. The Labute approximate surface area is 202 Å². The normalized spacial score (nSPS) is 23.7. The summed E-state index contributed by atoms with van der Waals surface area (Å²) >= 11 is 0. The molecule has 0 amide bonds. The molecule has 0 radical (unpaired) electrons. The first-order chi connectivity index (χ1) is 16.8. The molecule has 2 atom stereocenters. The highest BCUT2D eigenvalue weighted by Crippen LogP contribution is 2.43. The van der Waals surface area contributed by atoms with Gasteiger partial charge in [-0.3, -0.25) is 19.2 Å². The number of imidazole rings is 1. The lowest BCUT2D eigenvalue weighted by atomic mass is 9.77. The van der Waals surface area contributed by atoms with Crippen molar-refractivity contribution in [3.8, 4) is 0 Å². The van der Waals surface area contributed by atoms with Crippen molar-refractivity contribution in [3.05, 3.63) is 59.7 Å². The third-order valence-electron chi connectivity index (χ3n) is 8.04. The summed E-state index contributed by atoms with van der Waals surface area (Å²) in [4.78, 5) is 17.5. The first-order valence-corrected chi connectivity index (χ1v) is 12.9. The number of ether oxygens (including phenoxy) is 1. The number of likely N-dealkylation sites (tertiary alicyclic amines) is 1. The summed E-state index contributed by atoms with van der Waals surface area (Å²) in [5.74, 6) is 1.97. The fraction of sp³-hybridized carbons (Fsp3) is 0.556. The van der Waals surface area contributed by atoms with Crippen LogP contribution >= 0.6 is 0 Å². The third-order valence-corrected chi connectivity index (χ3v) is 8.04. The molecular formula is C27H36N6O. The molecule has 2 aliphatic heterocycles.